The molecule has 0 aliphatic heterocycles. The Morgan fingerprint density at radius 1 is 1.19 bits per heavy atom. The standard InChI is InChI=1S/C20H20N4O2/c1-26-17-4-2-3-15-14(17)5-6-16-18(15)23-24-19(16)20(25)22-12-9-13-7-10-21-11-8-13/h2-4,7-8,10-11H,5-6,9,12H2,1H3,(H,22,25)(H,23,24). The topological polar surface area (TPSA) is 79.9 Å². The van der Waals surface area contributed by atoms with Crippen molar-refractivity contribution >= 4 is 5.91 Å². The smallest absolute Gasteiger partial charge is 0.269 e. The largest absolute Gasteiger partial charge is 0.496 e. The monoisotopic (exact) mass is 348 g/mol. The normalized spacial score (nSPS) is 12.2. The van der Waals surface area contributed by atoms with E-state index in [9.17, 15) is 4.79 Å². The first-order valence-electron chi connectivity index (χ1n) is 8.68. The van der Waals surface area contributed by atoms with Crippen LogP contribution in [0, 0.1) is 0 Å². The molecule has 0 saturated carbocycles. The predicted molar refractivity (Wildman–Crippen MR) is 98.3 cm³/mol. The van der Waals surface area contributed by atoms with Crippen molar-refractivity contribution in [3.63, 3.8) is 0 Å². The maximum atomic E-state index is 12.6. The zero-order valence-corrected chi connectivity index (χ0v) is 14.6. The van der Waals surface area contributed by atoms with Gasteiger partial charge in [-0.05, 0) is 43.0 Å². The molecule has 0 bridgehead atoms. The van der Waals surface area contributed by atoms with E-state index >= 15 is 0 Å². The number of H-pyrrole nitrogens is 1. The molecule has 1 aliphatic rings. The number of carbonyl (C=O) groups excluding carboxylic acids is 1. The summed E-state index contributed by atoms with van der Waals surface area (Å²) in [6.45, 7) is 0.570. The molecule has 26 heavy (non-hydrogen) atoms. The van der Waals surface area contributed by atoms with E-state index in [1.54, 1.807) is 19.5 Å². The van der Waals surface area contributed by atoms with Crippen LogP contribution in [0.2, 0.25) is 0 Å². The van der Waals surface area contributed by atoms with Gasteiger partial charge in [-0.15, -0.1) is 0 Å². The van der Waals surface area contributed by atoms with Crippen LogP contribution < -0.4 is 10.1 Å². The molecule has 3 aromatic rings. The van der Waals surface area contributed by atoms with Crippen molar-refractivity contribution in [2.75, 3.05) is 13.7 Å². The van der Waals surface area contributed by atoms with Crippen molar-refractivity contribution in [2.45, 2.75) is 19.3 Å². The molecular weight excluding hydrogens is 328 g/mol. The molecule has 132 valence electrons. The highest BCUT2D eigenvalue weighted by Gasteiger charge is 2.26. The minimum atomic E-state index is -0.112. The number of amides is 1. The number of aromatic amines is 1. The van der Waals surface area contributed by atoms with Gasteiger partial charge in [0.15, 0.2) is 0 Å². The van der Waals surface area contributed by atoms with E-state index < -0.39 is 0 Å². The highest BCUT2D eigenvalue weighted by atomic mass is 16.5. The van der Waals surface area contributed by atoms with Gasteiger partial charge in [-0.1, -0.05) is 12.1 Å². The lowest BCUT2D eigenvalue weighted by Gasteiger charge is -2.18. The Kier molecular flexibility index (Phi) is 4.39. The van der Waals surface area contributed by atoms with Crippen LogP contribution in [0.4, 0.5) is 0 Å². The van der Waals surface area contributed by atoms with Crippen LogP contribution in [0.3, 0.4) is 0 Å². The number of fused-ring (bicyclic) bond motifs is 3. The summed E-state index contributed by atoms with van der Waals surface area (Å²) < 4.78 is 5.46. The number of carbonyl (C=O) groups is 1. The Labute approximate surface area is 151 Å². The van der Waals surface area contributed by atoms with E-state index in [4.69, 9.17) is 4.74 Å². The van der Waals surface area contributed by atoms with Crippen molar-refractivity contribution < 1.29 is 9.53 Å². The number of benzene rings is 1. The van der Waals surface area contributed by atoms with Gasteiger partial charge in [0.05, 0.1) is 12.8 Å². The van der Waals surface area contributed by atoms with Gasteiger partial charge in [0.2, 0.25) is 0 Å². The number of hydrogen-bond acceptors (Lipinski definition) is 4. The molecule has 2 aromatic heterocycles. The zero-order chi connectivity index (χ0) is 17.9. The number of methoxy groups -OCH3 is 1. The number of ether oxygens (including phenoxy) is 1. The molecule has 0 spiro atoms. The summed E-state index contributed by atoms with van der Waals surface area (Å²) in [6, 6.07) is 9.85. The molecule has 4 rings (SSSR count). The summed E-state index contributed by atoms with van der Waals surface area (Å²) in [5, 5.41) is 10.3. The minimum Gasteiger partial charge on any atom is -0.496 e. The van der Waals surface area contributed by atoms with Gasteiger partial charge in [0.25, 0.3) is 5.91 Å². The van der Waals surface area contributed by atoms with Crippen molar-refractivity contribution in [1.29, 1.82) is 0 Å². The summed E-state index contributed by atoms with van der Waals surface area (Å²) in [6.07, 6.45) is 5.89. The number of aromatic nitrogens is 3. The molecule has 1 aliphatic carbocycles. The summed E-state index contributed by atoms with van der Waals surface area (Å²) in [7, 11) is 1.68. The SMILES string of the molecule is COc1cccc2c1CCc1c-2n[nH]c1C(=O)NCCc1ccncc1. The molecule has 6 nitrogen and oxygen atoms in total. The van der Waals surface area contributed by atoms with Crippen LogP contribution in [0.5, 0.6) is 5.75 Å². The molecular formula is C20H20N4O2. The summed E-state index contributed by atoms with van der Waals surface area (Å²) in [5.74, 6) is 0.763. The molecule has 2 heterocycles. The molecule has 0 fully saturated rings. The molecule has 0 unspecified atom stereocenters. The fourth-order valence-corrected chi connectivity index (χ4v) is 3.46. The van der Waals surface area contributed by atoms with Gasteiger partial charge in [0, 0.05) is 35.6 Å². The van der Waals surface area contributed by atoms with Gasteiger partial charge in [-0.3, -0.25) is 14.9 Å². The van der Waals surface area contributed by atoms with Crippen LogP contribution in [0.15, 0.2) is 42.7 Å². The Morgan fingerprint density at radius 2 is 2.00 bits per heavy atom. The molecule has 1 amide bonds. The molecule has 0 atom stereocenters. The number of nitrogens with zero attached hydrogens (tertiary/aromatic N) is 2. The van der Waals surface area contributed by atoms with Crippen LogP contribution in [-0.2, 0) is 19.3 Å². The highest BCUT2D eigenvalue weighted by Crippen LogP contribution is 2.37. The second kappa shape index (κ2) is 7.00. The van der Waals surface area contributed by atoms with Crippen LogP contribution in [-0.4, -0.2) is 34.7 Å². The van der Waals surface area contributed by atoms with Gasteiger partial charge in [0.1, 0.15) is 11.4 Å². The van der Waals surface area contributed by atoms with E-state index in [1.807, 2.05) is 30.3 Å². The minimum absolute atomic E-state index is 0.112. The summed E-state index contributed by atoms with van der Waals surface area (Å²) in [4.78, 5) is 16.6. The third-order valence-corrected chi connectivity index (χ3v) is 4.78. The lowest BCUT2D eigenvalue weighted by atomic mass is 9.88. The third-order valence-electron chi connectivity index (χ3n) is 4.78. The predicted octanol–water partition coefficient (Wildman–Crippen LogP) is 2.55. The van der Waals surface area contributed by atoms with Gasteiger partial charge in [-0.2, -0.15) is 5.10 Å². The Hall–Kier alpha value is -3.15. The maximum Gasteiger partial charge on any atom is 0.269 e. The molecule has 1 aromatic carbocycles. The lowest BCUT2D eigenvalue weighted by molar-refractivity contribution is 0.0948. The second-order valence-corrected chi connectivity index (χ2v) is 6.27. The van der Waals surface area contributed by atoms with Crippen LogP contribution >= 0.6 is 0 Å². The molecule has 6 heteroatoms. The van der Waals surface area contributed by atoms with Gasteiger partial charge < -0.3 is 10.1 Å². The van der Waals surface area contributed by atoms with Crippen molar-refractivity contribution in [2.24, 2.45) is 0 Å². The summed E-state index contributed by atoms with van der Waals surface area (Å²) >= 11 is 0. The van der Waals surface area contributed by atoms with E-state index in [-0.39, 0.29) is 5.91 Å². The maximum absolute atomic E-state index is 12.6. The molecule has 0 radical (unpaired) electrons. The lowest BCUT2D eigenvalue weighted by Crippen LogP contribution is -2.27. The fraction of sp³-hybridized carbons (Fsp3) is 0.250. The van der Waals surface area contributed by atoms with E-state index in [2.05, 4.69) is 20.5 Å². The first-order chi connectivity index (χ1) is 12.8. The number of hydrogen-bond donors (Lipinski definition) is 2. The zero-order valence-electron chi connectivity index (χ0n) is 14.6. The fourth-order valence-electron chi connectivity index (χ4n) is 3.46. The average Bonchev–Trinajstić information content (AvgIpc) is 3.13. The van der Waals surface area contributed by atoms with Crippen molar-refractivity contribution in [3.8, 4) is 17.0 Å². The van der Waals surface area contributed by atoms with E-state index in [0.717, 1.165) is 53.0 Å². The van der Waals surface area contributed by atoms with Gasteiger partial charge >= 0.3 is 0 Å². The van der Waals surface area contributed by atoms with Crippen LogP contribution in [0.1, 0.15) is 27.2 Å². The Morgan fingerprint density at radius 3 is 2.81 bits per heavy atom. The number of nitrogens with one attached hydrogen (secondary N) is 2. The van der Waals surface area contributed by atoms with Crippen LogP contribution in [0.25, 0.3) is 11.3 Å². The van der Waals surface area contributed by atoms with E-state index in [0.29, 0.717) is 12.2 Å². The number of rotatable bonds is 5. The quantitative estimate of drug-likeness (QED) is 0.743. The second-order valence-electron chi connectivity index (χ2n) is 6.27. The first-order valence-corrected chi connectivity index (χ1v) is 8.68. The Balaban J connectivity index is 1.51. The number of pyridine rings is 1. The highest BCUT2D eigenvalue weighted by molar-refractivity contribution is 5.96. The molecule has 2 N–H and O–H groups in total. The molecule has 0 saturated heterocycles. The summed E-state index contributed by atoms with van der Waals surface area (Å²) in [5.41, 5.74) is 5.73. The van der Waals surface area contributed by atoms with E-state index in [1.165, 1.54) is 0 Å². The van der Waals surface area contributed by atoms with Gasteiger partial charge in [-0.25, -0.2) is 0 Å². The Bertz CT molecular complexity index is 934. The van der Waals surface area contributed by atoms with Crippen molar-refractivity contribution in [1.82, 2.24) is 20.5 Å². The van der Waals surface area contributed by atoms with Crippen molar-refractivity contribution in [3.05, 3.63) is 65.1 Å². The first kappa shape index (κ1) is 16.3. The third kappa shape index (κ3) is 2.94. The average molecular weight is 348 g/mol.